The molecule has 0 aliphatic carbocycles. The fourth-order valence-corrected chi connectivity index (χ4v) is 4.33. The van der Waals surface area contributed by atoms with Crippen LogP contribution >= 0.6 is 0 Å². The minimum Gasteiger partial charge on any atom is -0.343 e. The van der Waals surface area contributed by atoms with Crippen molar-refractivity contribution in [3.05, 3.63) is 112 Å². The van der Waals surface area contributed by atoms with Crippen LogP contribution in [0.5, 0.6) is 0 Å². The van der Waals surface area contributed by atoms with Crippen molar-refractivity contribution in [1.29, 1.82) is 0 Å². The predicted molar refractivity (Wildman–Crippen MR) is 128 cm³/mol. The molecule has 1 aromatic heterocycles. The third-order valence-corrected chi connectivity index (χ3v) is 6.07. The number of benzene rings is 3. The first kappa shape index (κ1) is 21.6. The van der Waals surface area contributed by atoms with Gasteiger partial charge >= 0.3 is 0 Å². The van der Waals surface area contributed by atoms with Crippen LogP contribution in [0.2, 0.25) is 0 Å². The summed E-state index contributed by atoms with van der Waals surface area (Å²) in [6, 6.07) is 22.5. The predicted octanol–water partition coefficient (Wildman–Crippen LogP) is 3.68. The normalized spacial score (nSPS) is 14.0. The van der Waals surface area contributed by atoms with Crippen molar-refractivity contribution in [2.45, 2.75) is 6.54 Å². The van der Waals surface area contributed by atoms with Crippen LogP contribution in [-0.2, 0) is 11.3 Å². The molecule has 0 radical (unpaired) electrons. The minimum absolute atomic E-state index is 0.0659. The van der Waals surface area contributed by atoms with Gasteiger partial charge in [-0.25, -0.2) is 4.39 Å². The molecule has 0 atom stereocenters. The highest BCUT2D eigenvalue weighted by Crippen LogP contribution is 2.20. The van der Waals surface area contributed by atoms with E-state index in [0.29, 0.717) is 30.6 Å². The van der Waals surface area contributed by atoms with Crippen molar-refractivity contribution in [1.82, 2.24) is 9.47 Å². The summed E-state index contributed by atoms with van der Waals surface area (Å²) in [4.78, 5) is 41.0. The SMILES string of the molecule is O=C(c1cc(Cn2ccc(=O)c3ccccc32)ccc1F)N1CCN(c2ccccc2)C(=O)C1. The van der Waals surface area contributed by atoms with Gasteiger partial charge in [0.25, 0.3) is 5.91 Å². The van der Waals surface area contributed by atoms with Crippen molar-refractivity contribution >= 4 is 28.4 Å². The number of nitrogens with zero attached hydrogens (tertiary/aromatic N) is 3. The van der Waals surface area contributed by atoms with Gasteiger partial charge in [-0.3, -0.25) is 14.4 Å². The van der Waals surface area contributed by atoms with Crippen LogP contribution in [0.1, 0.15) is 15.9 Å². The quantitative estimate of drug-likeness (QED) is 0.472. The molecule has 0 N–H and O–H groups in total. The number of anilines is 1. The second-order valence-corrected chi connectivity index (χ2v) is 8.25. The lowest BCUT2D eigenvalue weighted by Gasteiger charge is -2.34. The maximum Gasteiger partial charge on any atom is 0.257 e. The molecular weight excluding hydrogens is 433 g/mol. The van der Waals surface area contributed by atoms with Gasteiger partial charge in [0.1, 0.15) is 12.4 Å². The van der Waals surface area contributed by atoms with Crippen molar-refractivity contribution in [3.63, 3.8) is 0 Å². The molecule has 0 bridgehead atoms. The summed E-state index contributed by atoms with van der Waals surface area (Å²) in [7, 11) is 0. The number of halogens is 1. The number of para-hydroxylation sites is 2. The van der Waals surface area contributed by atoms with Gasteiger partial charge in [-0.1, -0.05) is 36.4 Å². The second kappa shape index (κ2) is 8.94. The number of piperazine rings is 1. The summed E-state index contributed by atoms with van der Waals surface area (Å²) >= 11 is 0. The Balaban J connectivity index is 1.37. The Labute approximate surface area is 195 Å². The van der Waals surface area contributed by atoms with Crippen LogP contribution in [0.25, 0.3) is 10.9 Å². The van der Waals surface area contributed by atoms with E-state index in [1.165, 1.54) is 23.1 Å². The van der Waals surface area contributed by atoms with E-state index in [-0.39, 0.29) is 23.4 Å². The molecule has 3 aromatic carbocycles. The Hall–Kier alpha value is -4.26. The Morgan fingerprint density at radius 3 is 2.44 bits per heavy atom. The van der Waals surface area contributed by atoms with Crippen LogP contribution in [0, 0.1) is 5.82 Å². The largest absolute Gasteiger partial charge is 0.343 e. The van der Waals surface area contributed by atoms with Crippen LogP contribution in [0.3, 0.4) is 0 Å². The Morgan fingerprint density at radius 2 is 1.65 bits per heavy atom. The third-order valence-electron chi connectivity index (χ3n) is 6.07. The Bertz CT molecular complexity index is 1450. The van der Waals surface area contributed by atoms with Gasteiger partial charge in [0.15, 0.2) is 5.43 Å². The monoisotopic (exact) mass is 455 g/mol. The van der Waals surface area contributed by atoms with Gasteiger partial charge in [-0.15, -0.1) is 0 Å². The zero-order valence-corrected chi connectivity index (χ0v) is 18.4. The van der Waals surface area contributed by atoms with E-state index < -0.39 is 11.7 Å². The van der Waals surface area contributed by atoms with Crippen LogP contribution in [0.15, 0.2) is 89.9 Å². The molecule has 1 aliphatic rings. The standard InChI is InChI=1S/C27H22FN3O3/c28-23-11-10-19(17-29-13-12-25(32)21-8-4-5-9-24(21)29)16-22(23)27(34)30-14-15-31(26(33)18-30)20-6-2-1-3-7-20/h1-13,16H,14-15,17-18H2. The molecule has 0 saturated carbocycles. The number of rotatable bonds is 4. The molecule has 34 heavy (non-hydrogen) atoms. The summed E-state index contributed by atoms with van der Waals surface area (Å²) in [5.74, 6) is -1.34. The number of carbonyl (C=O) groups is 2. The third kappa shape index (κ3) is 4.08. The smallest absolute Gasteiger partial charge is 0.257 e. The molecule has 170 valence electrons. The van der Waals surface area contributed by atoms with E-state index in [1.54, 1.807) is 23.2 Å². The summed E-state index contributed by atoms with van der Waals surface area (Å²) in [5, 5.41) is 0.596. The number of hydrogen-bond acceptors (Lipinski definition) is 3. The van der Waals surface area contributed by atoms with E-state index in [4.69, 9.17) is 0 Å². The van der Waals surface area contributed by atoms with Gasteiger partial charge in [0.2, 0.25) is 5.91 Å². The van der Waals surface area contributed by atoms with Gasteiger partial charge in [0, 0.05) is 43.0 Å². The van der Waals surface area contributed by atoms with Crippen molar-refractivity contribution in [3.8, 4) is 0 Å². The second-order valence-electron chi connectivity index (χ2n) is 8.25. The number of amides is 2. The molecular formula is C27H22FN3O3. The number of carbonyl (C=O) groups excluding carboxylic acids is 2. The number of hydrogen-bond donors (Lipinski definition) is 0. The number of aromatic nitrogens is 1. The average Bonchev–Trinajstić information content (AvgIpc) is 2.87. The van der Waals surface area contributed by atoms with Crippen LogP contribution in [0.4, 0.5) is 10.1 Å². The molecule has 5 rings (SSSR count). The highest BCUT2D eigenvalue weighted by atomic mass is 19.1. The van der Waals surface area contributed by atoms with Crippen molar-refractivity contribution < 1.29 is 14.0 Å². The first-order valence-corrected chi connectivity index (χ1v) is 11.0. The maximum atomic E-state index is 14.7. The molecule has 1 aliphatic heterocycles. The lowest BCUT2D eigenvalue weighted by Crippen LogP contribution is -2.52. The summed E-state index contributed by atoms with van der Waals surface area (Å²) in [5.41, 5.74) is 2.12. The summed E-state index contributed by atoms with van der Waals surface area (Å²) in [6.07, 6.45) is 1.69. The van der Waals surface area contributed by atoms with E-state index in [9.17, 15) is 18.8 Å². The Kier molecular flexibility index (Phi) is 5.67. The minimum atomic E-state index is -0.628. The highest BCUT2D eigenvalue weighted by Gasteiger charge is 2.29. The topological polar surface area (TPSA) is 62.6 Å². The molecule has 0 unspecified atom stereocenters. The Morgan fingerprint density at radius 1 is 0.882 bits per heavy atom. The van der Waals surface area contributed by atoms with Crippen molar-refractivity contribution in [2.75, 3.05) is 24.5 Å². The molecule has 1 saturated heterocycles. The average molecular weight is 455 g/mol. The van der Waals surface area contributed by atoms with Crippen LogP contribution in [-0.4, -0.2) is 40.9 Å². The van der Waals surface area contributed by atoms with Gasteiger partial charge in [-0.2, -0.15) is 0 Å². The first-order chi connectivity index (χ1) is 16.5. The molecule has 6 nitrogen and oxygen atoms in total. The lowest BCUT2D eigenvalue weighted by atomic mass is 10.1. The van der Waals surface area contributed by atoms with Crippen LogP contribution < -0.4 is 10.3 Å². The first-order valence-electron chi connectivity index (χ1n) is 11.0. The number of pyridine rings is 1. The molecule has 1 fully saturated rings. The fraction of sp³-hybridized carbons (Fsp3) is 0.148. The molecule has 2 amide bonds. The summed E-state index contributed by atoms with van der Waals surface area (Å²) in [6.45, 7) is 0.913. The zero-order chi connectivity index (χ0) is 23.7. The van der Waals surface area contributed by atoms with Gasteiger partial charge in [0.05, 0.1) is 11.1 Å². The van der Waals surface area contributed by atoms with Gasteiger partial charge < -0.3 is 14.4 Å². The van der Waals surface area contributed by atoms with E-state index in [2.05, 4.69) is 0 Å². The number of fused-ring (bicyclic) bond motifs is 1. The van der Waals surface area contributed by atoms with E-state index in [0.717, 1.165) is 11.2 Å². The highest BCUT2D eigenvalue weighted by molar-refractivity contribution is 6.01. The molecule has 4 aromatic rings. The van der Waals surface area contributed by atoms with Crippen molar-refractivity contribution in [2.24, 2.45) is 0 Å². The molecule has 7 heteroatoms. The van der Waals surface area contributed by atoms with E-state index >= 15 is 0 Å². The zero-order valence-electron chi connectivity index (χ0n) is 18.4. The van der Waals surface area contributed by atoms with E-state index in [1.807, 2.05) is 53.1 Å². The molecule has 2 heterocycles. The maximum absolute atomic E-state index is 14.7. The molecule has 0 spiro atoms. The lowest BCUT2D eigenvalue weighted by molar-refractivity contribution is -0.120. The fourth-order valence-electron chi connectivity index (χ4n) is 4.33. The summed E-state index contributed by atoms with van der Waals surface area (Å²) < 4.78 is 16.6. The van der Waals surface area contributed by atoms with Gasteiger partial charge in [-0.05, 0) is 42.0 Å².